The van der Waals surface area contributed by atoms with Gasteiger partial charge in [-0.2, -0.15) is 0 Å². The number of esters is 3. The fraction of sp³-hybridized carbons (Fsp3) is 0.483. The number of carbonyl (C=O) groups excluding carboxylic acids is 5. The second-order valence-electron chi connectivity index (χ2n) is 23.2. The number of nitrogens with zero attached hydrogens (tertiary/aromatic N) is 6. The van der Waals surface area contributed by atoms with Crippen molar-refractivity contribution < 1.29 is 52.4 Å². The summed E-state index contributed by atoms with van der Waals surface area (Å²) in [5.74, 6) is -2.90. The van der Waals surface area contributed by atoms with Crippen molar-refractivity contribution in [3.05, 3.63) is 124 Å². The SMILES string of the molecule is CC[C@]1(NC(=O)N2Cc3ccc(NC(=O)c4cnccn4)cc3C2)C[C@H]2CN(CCc3c([nH]c4ccc(F)cc34)[C@@](C(=O)OC)(c3cc4c(cc3OC)N(C)[C@H]3[C@@](O)(C(=O)OC)[C@H](OC(C)=O)[C@]5(CC)C=CCN6CC[C@]43[C@@H]65)C2)C1. The molecular weight excluding hydrogens is 1030 g/mol. The Bertz CT molecular complexity index is 3410. The number of piperidine rings is 1. The number of benzene rings is 3. The van der Waals surface area contributed by atoms with Crippen molar-refractivity contribution in [3.8, 4) is 5.75 Å². The fourth-order valence-corrected chi connectivity index (χ4v) is 16.3. The summed E-state index contributed by atoms with van der Waals surface area (Å²) in [5.41, 5.74) is -0.430. The second-order valence-corrected chi connectivity index (χ2v) is 23.2. The number of fused-ring (bicyclic) bond motifs is 7. The molecule has 420 valence electrons. The molecule has 6 aliphatic heterocycles. The van der Waals surface area contributed by atoms with Crippen LogP contribution in [0.2, 0.25) is 0 Å². The zero-order valence-corrected chi connectivity index (χ0v) is 46.2. The number of aromatic nitrogens is 3. The van der Waals surface area contributed by atoms with Gasteiger partial charge in [-0.15, -0.1) is 0 Å². The van der Waals surface area contributed by atoms with Crippen molar-refractivity contribution in [1.82, 2.24) is 35.0 Å². The minimum atomic E-state index is -2.39. The van der Waals surface area contributed by atoms with E-state index in [1.54, 1.807) is 18.1 Å². The molecule has 8 heterocycles. The second kappa shape index (κ2) is 19.4. The highest BCUT2D eigenvalue weighted by Crippen LogP contribution is 2.68. The standard InChI is InChI=1S/C60H68FN9O10/c1-8-56(66-55(75)70-31-36-11-13-39(23-37(36)32-70)64-49(72)45-29-62-18-19-63-45)27-35-28-59(53(73)78-6,48-40(15-21-68(30-35)33-56)41-24-38(61)12-14-44(41)65-48)43-25-42-46(26-47(43)77-5)67(4)51-58(42)17-22-69-20-10-16-57(9-2,50(58)69)52(80-34(3)71)60(51,76)54(74)79-7/h10-14,16,18-19,23-26,29,35,50-52,65,76H,8-9,15,17,20-22,27-28,30-33H2,1-7H3,(H,64,72)(H,66,75)/t35-,50+,51-,52-,56+,57-,58-,59+,60+/m1/s1. The number of hydrogen-bond donors (Lipinski definition) is 4. The topological polar surface area (TPSA) is 221 Å². The number of nitrogens with one attached hydrogen (secondary N) is 3. The number of hydrogen-bond acceptors (Lipinski definition) is 15. The van der Waals surface area contributed by atoms with E-state index in [0.29, 0.717) is 117 Å². The molecule has 10 atom stereocenters. The molecule has 5 aromatic rings. The van der Waals surface area contributed by atoms with Gasteiger partial charge in [0.05, 0.1) is 39.1 Å². The average molecular weight is 1090 g/mol. The molecule has 1 saturated carbocycles. The van der Waals surface area contributed by atoms with Crippen molar-refractivity contribution in [2.75, 3.05) is 71.3 Å². The van der Waals surface area contributed by atoms with Crippen molar-refractivity contribution in [2.24, 2.45) is 11.3 Å². The van der Waals surface area contributed by atoms with Crippen LogP contribution in [0.4, 0.5) is 20.6 Å². The maximum absolute atomic E-state index is 15.9. The van der Waals surface area contributed by atoms with Crippen LogP contribution in [-0.2, 0) is 58.9 Å². The van der Waals surface area contributed by atoms with Crippen LogP contribution in [0.1, 0.15) is 96.9 Å². The Morgan fingerprint density at radius 2 is 1.71 bits per heavy atom. The highest BCUT2D eigenvalue weighted by molar-refractivity contribution is 6.02. The molecule has 80 heavy (non-hydrogen) atoms. The van der Waals surface area contributed by atoms with Gasteiger partial charge in [0, 0.05) is 122 Å². The molecule has 7 aliphatic rings. The lowest BCUT2D eigenvalue weighted by Gasteiger charge is -2.63. The number of rotatable bonds is 10. The lowest BCUT2D eigenvalue weighted by Crippen LogP contribution is -2.81. The van der Waals surface area contributed by atoms with Crippen molar-refractivity contribution in [1.29, 1.82) is 0 Å². The van der Waals surface area contributed by atoms with Gasteiger partial charge >= 0.3 is 23.9 Å². The number of urea groups is 1. The predicted octanol–water partition coefficient (Wildman–Crippen LogP) is 5.91. The van der Waals surface area contributed by atoms with Gasteiger partial charge in [-0.25, -0.2) is 19.0 Å². The molecule has 1 spiro atoms. The van der Waals surface area contributed by atoms with E-state index in [1.165, 1.54) is 51.9 Å². The predicted molar refractivity (Wildman–Crippen MR) is 292 cm³/mol. The largest absolute Gasteiger partial charge is 0.496 e. The molecule has 3 aromatic carbocycles. The maximum atomic E-state index is 15.9. The van der Waals surface area contributed by atoms with Crippen LogP contribution in [0.3, 0.4) is 0 Å². The molecule has 0 radical (unpaired) electrons. The number of H-pyrrole nitrogens is 1. The van der Waals surface area contributed by atoms with Crippen LogP contribution >= 0.6 is 0 Å². The fourth-order valence-electron chi connectivity index (χ4n) is 16.3. The first-order valence-corrected chi connectivity index (χ1v) is 27.7. The van der Waals surface area contributed by atoms with Gasteiger partial charge in [-0.05, 0) is 110 Å². The highest BCUT2D eigenvalue weighted by Gasteiger charge is 2.80. The van der Waals surface area contributed by atoms with E-state index in [9.17, 15) is 24.3 Å². The molecular formula is C60H68FN9O10. The Labute approximate surface area is 463 Å². The van der Waals surface area contributed by atoms with E-state index in [0.717, 1.165) is 22.3 Å². The van der Waals surface area contributed by atoms with Gasteiger partial charge < -0.3 is 54.4 Å². The first-order valence-electron chi connectivity index (χ1n) is 27.7. The van der Waals surface area contributed by atoms with Gasteiger partial charge in [0.1, 0.15) is 22.7 Å². The lowest BCUT2D eigenvalue weighted by atomic mass is 9.47. The van der Waals surface area contributed by atoms with E-state index in [-0.39, 0.29) is 24.1 Å². The van der Waals surface area contributed by atoms with Crippen molar-refractivity contribution in [3.63, 3.8) is 0 Å². The highest BCUT2D eigenvalue weighted by atomic mass is 19.1. The molecule has 2 aromatic heterocycles. The summed E-state index contributed by atoms with van der Waals surface area (Å²) in [6, 6.07) is 12.5. The number of carbonyl (C=O) groups is 5. The zero-order chi connectivity index (χ0) is 56.3. The van der Waals surface area contributed by atoms with Gasteiger partial charge in [-0.3, -0.25) is 24.3 Å². The van der Waals surface area contributed by atoms with Crippen LogP contribution in [0.25, 0.3) is 10.9 Å². The summed E-state index contributed by atoms with van der Waals surface area (Å²) in [7, 11) is 5.98. The van der Waals surface area contributed by atoms with Gasteiger partial charge in [0.2, 0.25) is 5.60 Å². The molecule has 3 amide bonds. The molecule has 2 saturated heterocycles. The van der Waals surface area contributed by atoms with Crippen molar-refractivity contribution in [2.45, 2.75) is 113 Å². The Kier molecular flexibility index (Phi) is 12.9. The van der Waals surface area contributed by atoms with Crippen LogP contribution in [0.15, 0.2) is 79.3 Å². The lowest BCUT2D eigenvalue weighted by molar-refractivity contribution is -0.228. The monoisotopic (exact) mass is 1090 g/mol. The van der Waals surface area contributed by atoms with Crippen LogP contribution in [0, 0.1) is 17.2 Å². The number of likely N-dealkylation sites (N-methyl/N-ethyl adjacent to an activating group) is 1. The summed E-state index contributed by atoms with van der Waals surface area (Å²) in [6.45, 7) is 8.79. The summed E-state index contributed by atoms with van der Waals surface area (Å²) in [6.07, 6.45) is 9.57. The third-order valence-electron chi connectivity index (χ3n) is 19.3. The van der Waals surface area contributed by atoms with E-state index in [1.807, 2.05) is 61.4 Å². The third kappa shape index (κ3) is 7.71. The smallest absolute Gasteiger partial charge is 0.344 e. The zero-order valence-electron chi connectivity index (χ0n) is 46.2. The van der Waals surface area contributed by atoms with E-state index < -0.39 is 75.2 Å². The molecule has 4 N–H and O–H groups in total. The number of aromatic amines is 1. The normalized spacial score (nSPS) is 30.8. The summed E-state index contributed by atoms with van der Waals surface area (Å²) < 4.78 is 39.9. The quantitative estimate of drug-likeness (QED) is 0.0726. The van der Waals surface area contributed by atoms with Crippen molar-refractivity contribution >= 4 is 52.1 Å². The van der Waals surface area contributed by atoms with E-state index in [4.69, 9.17) is 18.9 Å². The Balaban J connectivity index is 0.975. The van der Waals surface area contributed by atoms with Crippen LogP contribution < -0.4 is 20.3 Å². The van der Waals surface area contributed by atoms with Crippen LogP contribution in [-0.4, -0.2) is 155 Å². The summed E-state index contributed by atoms with van der Waals surface area (Å²) in [4.78, 5) is 91.6. The average Bonchev–Trinajstić information content (AvgIpc) is 4.34. The number of methoxy groups -OCH3 is 3. The number of aliphatic hydroxyl groups is 1. The molecule has 1 unspecified atom stereocenters. The number of anilines is 2. The summed E-state index contributed by atoms with van der Waals surface area (Å²) >= 11 is 0. The maximum Gasteiger partial charge on any atom is 0.344 e. The molecule has 3 fully saturated rings. The minimum absolute atomic E-state index is 0.174. The van der Waals surface area contributed by atoms with Crippen LogP contribution in [0.5, 0.6) is 5.75 Å². The van der Waals surface area contributed by atoms with Gasteiger partial charge in [-0.1, -0.05) is 32.1 Å². The Morgan fingerprint density at radius 3 is 2.44 bits per heavy atom. The molecule has 1 aliphatic carbocycles. The minimum Gasteiger partial charge on any atom is -0.496 e. The number of halogens is 1. The Morgan fingerprint density at radius 1 is 0.912 bits per heavy atom. The number of amides is 3. The number of ether oxygens (including phenoxy) is 4. The van der Waals surface area contributed by atoms with Gasteiger partial charge in [0.15, 0.2) is 6.10 Å². The summed E-state index contributed by atoms with van der Waals surface area (Å²) in [5, 5.41) is 20.6. The molecule has 2 bridgehead atoms. The van der Waals surface area contributed by atoms with E-state index in [2.05, 4.69) is 42.3 Å². The Hall–Kier alpha value is -7.42. The first kappa shape index (κ1) is 53.2. The van der Waals surface area contributed by atoms with Gasteiger partial charge in [0.25, 0.3) is 5.91 Å². The molecule has 19 nitrogen and oxygen atoms in total. The third-order valence-corrected chi connectivity index (χ3v) is 19.3. The molecule has 12 rings (SSSR count). The molecule has 20 heteroatoms. The first-order chi connectivity index (χ1) is 38.4. The van der Waals surface area contributed by atoms with E-state index >= 15 is 9.18 Å².